The third-order valence-electron chi connectivity index (χ3n) is 2.98. The molecule has 2 rings (SSSR count). The van der Waals surface area contributed by atoms with Crippen LogP contribution in [0.2, 0.25) is 0 Å². The standard InChI is InChI=1S/C15H18N2O2S/c1-3-11-4-6-12(7-5-11)15-17-10(2)13(20-15)8-19-9-14(16)18/h4-7H,3,8-9H2,1-2H3,(H2,16,18). The molecule has 1 aromatic carbocycles. The SMILES string of the molecule is CCc1ccc(-c2nc(C)c(COCC(N)=O)s2)cc1. The number of amides is 1. The van der Waals surface area contributed by atoms with Gasteiger partial charge >= 0.3 is 0 Å². The van der Waals surface area contributed by atoms with Crippen LogP contribution in [0.15, 0.2) is 24.3 Å². The number of aryl methyl sites for hydroxylation is 2. The zero-order chi connectivity index (χ0) is 14.5. The van der Waals surface area contributed by atoms with E-state index in [1.807, 2.05) is 6.92 Å². The van der Waals surface area contributed by atoms with E-state index < -0.39 is 5.91 Å². The Morgan fingerprint density at radius 3 is 2.65 bits per heavy atom. The van der Waals surface area contributed by atoms with Crippen molar-refractivity contribution in [3.63, 3.8) is 0 Å². The molecule has 0 aliphatic carbocycles. The van der Waals surface area contributed by atoms with Crippen molar-refractivity contribution < 1.29 is 9.53 Å². The van der Waals surface area contributed by atoms with Crippen LogP contribution >= 0.6 is 11.3 Å². The number of nitrogens with two attached hydrogens (primary N) is 1. The molecule has 0 bridgehead atoms. The topological polar surface area (TPSA) is 65.2 Å². The number of benzene rings is 1. The highest BCUT2D eigenvalue weighted by atomic mass is 32.1. The minimum atomic E-state index is -0.456. The van der Waals surface area contributed by atoms with Crippen molar-refractivity contribution in [1.82, 2.24) is 4.98 Å². The number of carbonyl (C=O) groups is 1. The first-order valence-electron chi connectivity index (χ1n) is 6.51. The van der Waals surface area contributed by atoms with Crippen LogP contribution in [0.25, 0.3) is 10.6 Å². The van der Waals surface area contributed by atoms with Gasteiger partial charge < -0.3 is 10.5 Å². The van der Waals surface area contributed by atoms with Gasteiger partial charge in [0.2, 0.25) is 5.91 Å². The number of rotatable bonds is 6. The van der Waals surface area contributed by atoms with E-state index in [1.165, 1.54) is 5.56 Å². The van der Waals surface area contributed by atoms with Crippen LogP contribution in [0.4, 0.5) is 0 Å². The number of aromatic nitrogens is 1. The largest absolute Gasteiger partial charge is 0.368 e. The van der Waals surface area contributed by atoms with E-state index >= 15 is 0 Å². The van der Waals surface area contributed by atoms with E-state index in [0.717, 1.165) is 27.6 Å². The number of hydrogen-bond acceptors (Lipinski definition) is 4. The first kappa shape index (κ1) is 14.7. The van der Waals surface area contributed by atoms with Crippen molar-refractivity contribution in [3.05, 3.63) is 40.4 Å². The van der Waals surface area contributed by atoms with E-state index in [0.29, 0.717) is 6.61 Å². The summed E-state index contributed by atoms with van der Waals surface area (Å²) in [5.74, 6) is -0.456. The lowest BCUT2D eigenvalue weighted by Gasteiger charge is -1.99. The van der Waals surface area contributed by atoms with Crippen LogP contribution in [0.3, 0.4) is 0 Å². The van der Waals surface area contributed by atoms with Crippen LogP contribution < -0.4 is 5.73 Å². The maximum absolute atomic E-state index is 10.6. The van der Waals surface area contributed by atoms with Crippen molar-refractivity contribution in [2.75, 3.05) is 6.61 Å². The summed E-state index contributed by atoms with van der Waals surface area (Å²) in [5.41, 5.74) is 8.40. The fourth-order valence-corrected chi connectivity index (χ4v) is 2.82. The number of carbonyl (C=O) groups excluding carboxylic acids is 1. The highest BCUT2D eigenvalue weighted by Crippen LogP contribution is 2.28. The van der Waals surface area contributed by atoms with Gasteiger partial charge in [-0.2, -0.15) is 0 Å². The quantitative estimate of drug-likeness (QED) is 0.889. The molecular formula is C15H18N2O2S. The van der Waals surface area contributed by atoms with Crippen molar-refractivity contribution in [2.24, 2.45) is 5.73 Å². The molecule has 5 heteroatoms. The van der Waals surface area contributed by atoms with Gasteiger partial charge in [-0.25, -0.2) is 4.98 Å². The van der Waals surface area contributed by atoms with Gasteiger partial charge in [0.05, 0.1) is 17.2 Å². The summed E-state index contributed by atoms with van der Waals surface area (Å²) < 4.78 is 5.24. The monoisotopic (exact) mass is 290 g/mol. The molecule has 2 aromatic rings. The average Bonchev–Trinajstić information content (AvgIpc) is 2.80. The molecule has 0 saturated carbocycles. The molecule has 0 aliphatic rings. The predicted octanol–water partition coefficient (Wildman–Crippen LogP) is 2.68. The molecule has 0 unspecified atom stereocenters. The molecule has 0 aliphatic heterocycles. The lowest BCUT2D eigenvalue weighted by atomic mass is 10.1. The summed E-state index contributed by atoms with van der Waals surface area (Å²) in [6.07, 6.45) is 1.03. The van der Waals surface area contributed by atoms with Crippen LogP contribution in [-0.2, 0) is 22.6 Å². The summed E-state index contributed by atoms with van der Waals surface area (Å²) in [6, 6.07) is 8.42. The highest BCUT2D eigenvalue weighted by molar-refractivity contribution is 7.15. The van der Waals surface area contributed by atoms with E-state index in [-0.39, 0.29) is 6.61 Å². The van der Waals surface area contributed by atoms with Crippen molar-refractivity contribution >= 4 is 17.2 Å². The number of primary amides is 1. The Hall–Kier alpha value is -1.72. The zero-order valence-corrected chi connectivity index (χ0v) is 12.5. The van der Waals surface area contributed by atoms with Crippen molar-refractivity contribution in [3.8, 4) is 10.6 Å². The van der Waals surface area contributed by atoms with Gasteiger partial charge in [-0.15, -0.1) is 11.3 Å². The minimum absolute atomic E-state index is 0.0577. The van der Waals surface area contributed by atoms with Gasteiger partial charge in [0.1, 0.15) is 11.6 Å². The molecule has 0 fully saturated rings. The first-order valence-corrected chi connectivity index (χ1v) is 7.33. The minimum Gasteiger partial charge on any atom is -0.368 e. The predicted molar refractivity (Wildman–Crippen MR) is 80.5 cm³/mol. The van der Waals surface area contributed by atoms with Gasteiger partial charge in [-0.3, -0.25) is 4.79 Å². The third kappa shape index (κ3) is 3.65. The maximum Gasteiger partial charge on any atom is 0.243 e. The molecule has 0 radical (unpaired) electrons. The Morgan fingerprint density at radius 1 is 1.35 bits per heavy atom. The van der Waals surface area contributed by atoms with E-state index in [1.54, 1.807) is 11.3 Å². The van der Waals surface area contributed by atoms with Crippen molar-refractivity contribution in [1.29, 1.82) is 0 Å². The second-order valence-corrected chi connectivity index (χ2v) is 5.62. The number of nitrogens with zero attached hydrogens (tertiary/aromatic N) is 1. The Labute approximate surface area is 122 Å². The maximum atomic E-state index is 10.6. The highest BCUT2D eigenvalue weighted by Gasteiger charge is 2.10. The normalized spacial score (nSPS) is 10.7. The Bertz CT molecular complexity index is 590. The molecule has 1 aromatic heterocycles. The molecular weight excluding hydrogens is 272 g/mol. The molecule has 0 atom stereocenters. The van der Waals surface area contributed by atoms with Gasteiger partial charge in [0.25, 0.3) is 0 Å². The lowest BCUT2D eigenvalue weighted by molar-refractivity contribution is -0.122. The first-order chi connectivity index (χ1) is 9.60. The lowest BCUT2D eigenvalue weighted by Crippen LogP contribution is -2.17. The molecule has 2 N–H and O–H groups in total. The summed E-state index contributed by atoms with van der Waals surface area (Å²) in [4.78, 5) is 16.2. The van der Waals surface area contributed by atoms with Crippen LogP contribution in [0.1, 0.15) is 23.1 Å². The number of ether oxygens (including phenoxy) is 1. The number of thiazole rings is 1. The fraction of sp³-hybridized carbons (Fsp3) is 0.333. The molecule has 1 amide bonds. The summed E-state index contributed by atoms with van der Waals surface area (Å²) in [6.45, 7) is 4.40. The van der Waals surface area contributed by atoms with E-state index in [9.17, 15) is 4.79 Å². The smallest absolute Gasteiger partial charge is 0.243 e. The molecule has 1 heterocycles. The van der Waals surface area contributed by atoms with Crippen LogP contribution in [0.5, 0.6) is 0 Å². The average molecular weight is 290 g/mol. The van der Waals surface area contributed by atoms with Crippen LogP contribution in [-0.4, -0.2) is 17.5 Å². The van der Waals surface area contributed by atoms with Crippen LogP contribution in [0, 0.1) is 6.92 Å². The third-order valence-corrected chi connectivity index (χ3v) is 4.16. The van der Waals surface area contributed by atoms with Gasteiger partial charge in [-0.05, 0) is 18.9 Å². The second-order valence-electron chi connectivity index (χ2n) is 4.54. The number of hydrogen-bond donors (Lipinski definition) is 1. The van der Waals surface area contributed by atoms with E-state index in [2.05, 4.69) is 36.2 Å². The van der Waals surface area contributed by atoms with Crippen molar-refractivity contribution in [2.45, 2.75) is 26.9 Å². The Balaban J connectivity index is 2.11. The van der Waals surface area contributed by atoms with Gasteiger partial charge in [0.15, 0.2) is 0 Å². The Kier molecular flexibility index (Phi) is 4.87. The molecule has 106 valence electrons. The molecule has 20 heavy (non-hydrogen) atoms. The summed E-state index contributed by atoms with van der Waals surface area (Å²) in [7, 11) is 0. The van der Waals surface area contributed by atoms with Gasteiger partial charge in [-0.1, -0.05) is 31.2 Å². The van der Waals surface area contributed by atoms with E-state index in [4.69, 9.17) is 10.5 Å². The molecule has 0 saturated heterocycles. The molecule has 0 spiro atoms. The zero-order valence-electron chi connectivity index (χ0n) is 11.7. The summed E-state index contributed by atoms with van der Waals surface area (Å²) in [5, 5.41) is 0.975. The fourth-order valence-electron chi connectivity index (χ4n) is 1.81. The summed E-state index contributed by atoms with van der Waals surface area (Å²) >= 11 is 1.59. The Morgan fingerprint density at radius 2 is 2.05 bits per heavy atom. The molecule has 4 nitrogen and oxygen atoms in total. The second kappa shape index (κ2) is 6.63. The van der Waals surface area contributed by atoms with Gasteiger partial charge in [0, 0.05) is 5.56 Å².